The van der Waals surface area contributed by atoms with Crippen LogP contribution in [0.5, 0.6) is 0 Å². The molecular weight excluding hydrogens is 214 g/mol. The van der Waals surface area contributed by atoms with Crippen LogP contribution < -0.4 is 5.73 Å². The molecule has 1 aliphatic heterocycles. The lowest BCUT2D eigenvalue weighted by atomic mass is 10.1. The van der Waals surface area contributed by atoms with E-state index in [9.17, 15) is 0 Å². The van der Waals surface area contributed by atoms with Crippen molar-refractivity contribution in [2.45, 2.75) is 32.9 Å². The summed E-state index contributed by atoms with van der Waals surface area (Å²) in [7, 11) is 1.78. The Bertz CT molecular complexity index is 406. The lowest BCUT2D eigenvalue weighted by molar-refractivity contribution is 0.107. The van der Waals surface area contributed by atoms with Crippen LogP contribution in [0.1, 0.15) is 23.2 Å². The molecule has 17 heavy (non-hydrogen) atoms. The summed E-state index contributed by atoms with van der Waals surface area (Å²) in [4.78, 5) is 6.86. The average molecular weight is 235 g/mol. The van der Waals surface area contributed by atoms with Crippen LogP contribution >= 0.6 is 0 Å². The van der Waals surface area contributed by atoms with E-state index in [0.29, 0.717) is 6.10 Å². The second-order valence-corrected chi connectivity index (χ2v) is 4.81. The van der Waals surface area contributed by atoms with Crippen molar-refractivity contribution in [2.24, 2.45) is 0 Å². The first-order valence-corrected chi connectivity index (χ1v) is 6.07. The van der Waals surface area contributed by atoms with Gasteiger partial charge in [0, 0.05) is 38.6 Å². The Kier molecular flexibility index (Phi) is 3.64. The molecule has 4 nitrogen and oxygen atoms in total. The molecule has 1 unspecified atom stereocenters. The molecule has 2 N–H and O–H groups in total. The SMILES string of the molecule is COC1CCN(Cc2ncc(C)c(N)c2C)C1. The number of likely N-dealkylation sites (tertiary alicyclic amines) is 1. The Morgan fingerprint density at radius 1 is 1.53 bits per heavy atom. The predicted molar refractivity (Wildman–Crippen MR) is 68.8 cm³/mol. The van der Waals surface area contributed by atoms with E-state index in [0.717, 1.165) is 48.6 Å². The maximum Gasteiger partial charge on any atom is 0.0710 e. The van der Waals surface area contributed by atoms with E-state index in [2.05, 4.69) is 16.8 Å². The molecular formula is C13H21N3O. The van der Waals surface area contributed by atoms with Crippen LogP contribution in [0.3, 0.4) is 0 Å². The molecule has 1 aromatic rings. The van der Waals surface area contributed by atoms with Crippen molar-refractivity contribution in [2.75, 3.05) is 25.9 Å². The third-order valence-electron chi connectivity index (χ3n) is 3.61. The largest absolute Gasteiger partial charge is 0.398 e. The Labute approximate surface area is 103 Å². The van der Waals surface area contributed by atoms with Gasteiger partial charge in [-0.15, -0.1) is 0 Å². The van der Waals surface area contributed by atoms with Crippen LogP contribution in [0.15, 0.2) is 6.20 Å². The summed E-state index contributed by atoms with van der Waals surface area (Å²) >= 11 is 0. The molecule has 1 atom stereocenters. The Morgan fingerprint density at radius 3 is 2.94 bits per heavy atom. The summed E-state index contributed by atoms with van der Waals surface area (Å²) in [6.45, 7) is 6.99. The number of anilines is 1. The zero-order chi connectivity index (χ0) is 12.4. The molecule has 0 bridgehead atoms. The fourth-order valence-electron chi connectivity index (χ4n) is 2.30. The van der Waals surface area contributed by atoms with Crippen molar-refractivity contribution in [3.63, 3.8) is 0 Å². The molecule has 1 aromatic heterocycles. The van der Waals surface area contributed by atoms with Gasteiger partial charge < -0.3 is 10.5 Å². The number of hydrogen-bond acceptors (Lipinski definition) is 4. The zero-order valence-corrected chi connectivity index (χ0v) is 10.9. The molecule has 0 amide bonds. The number of hydrogen-bond donors (Lipinski definition) is 1. The number of aromatic nitrogens is 1. The Balaban J connectivity index is 2.07. The highest BCUT2D eigenvalue weighted by molar-refractivity contribution is 5.53. The van der Waals surface area contributed by atoms with Crippen LogP contribution in [0.25, 0.3) is 0 Å². The summed E-state index contributed by atoms with van der Waals surface area (Å²) in [5.74, 6) is 0. The van der Waals surface area contributed by atoms with Crippen LogP contribution in [0.2, 0.25) is 0 Å². The molecule has 2 heterocycles. The quantitative estimate of drug-likeness (QED) is 0.862. The summed E-state index contributed by atoms with van der Waals surface area (Å²) in [6, 6.07) is 0. The summed E-state index contributed by atoms with van der Waals surface area (Å²) < 4.78 is 5.37. The maximum absolute atomic E-state index is 6.03. The third kappa shape index (κ3) is 2.58. The van der Waals surface area contributed by atoms with Gasteiger partial charge in [0.1, 0.15) is 0 Å². The molecule has 0 radical (unpaired) electrons. The molecule has 1 fully saturated rings. The van der Waals surface area contributed by atoms with E-state index < -0.39 is 0 Å². The van der Waals surface area contributed by atoms with Crippen molar-refractivity contribution in [3.8, 4) is 0 Å². The number of aryl methyl sites for hydroxylation is 1. The van der Waals surface area contributed by atoms with Gasteiger partial charge in [0.15, 0.2) is 0 Å². The molecule has 0 saturated carbocycles. The average Bonchev–Trinajstić information content (AvgIpc) is 2.78. The number of ether oxygens (including phenoxy) is 1. The van der Waals surface area contributed by atoms with Gasteiger partial charge >= 0.3 is 0 Å². The number of methoxy groups -OCH3 is 1. The molecule has 1 aliphatic rings. The molecule has 2 rings (SSSR count). The highest BCUT2D eigenvalue weighted by Crippen LogP contribution is 2.21. The van der Waals surface area contributed by atoms with Crippen molar-refractivity contribution in [1.29, 1.82) is 0 Å². The van der Waals surface area contributed by atoms with Crippen molar-refractivity contribution >= 4 is 5.69 Å². The zero-order valence-electron chi connectivity index (χ0n) is 10.9. The first kappa shape index (κ1) is 12.3. The Morgan fingerprint density at radius 2 is 2.29 bits per heavy atom. The first-order chi connectivity index (χ1) is 8.11. The van der Waals surface area contributed by atoms with Gasteiger partial charge in [-0.3, -0.25) is 9.88 Å². The van der Waals surface area contributed by atoms with Crippen molar-refractivity contribution in [1.82, 2.24) is 9.88 Å². The number of pyridine rings is 1. The van der Waals surface area contributed by atoms with Gasteiger partial charge in [-0.05, 0) is 31.4 Å². The van der Waals surface area contributed by atoms with Crippen molar-refractivity contribution in [3.05, 3.63) is 23.0 Å². The van der Waals surface area contributed by atoms with Crippen molar-refractivity contribution < 1.29 is 4.74 Å². The van der Waals surface area contributed by atoms with E-state index in [4.69, 9.17) is 10.5 Å². The summed E-state index contributed by atoms with van der Waals surface area (Å²) in [6.07, 6.45) is 3.34. The number of nitrogen functional groups attached to an aromatic ring is 1. The number of nitrogens with zero attached hydrogens (tertiary/aromatic N) is 2. The van der Waals surface area contributed by atoms with E-state index in [-0.39, 0.29) is 0 Å². The fraction of sp³-hybridized carbons (Fsp3) is 0.615. The Hall–Kier alpha value is -1.13. The standard InChI is InChI=1S/C13H21N3O/c1-9-6-15-12(10(2)13(9)14)8-16-5-4-11(7-16)17-3/h6,11H,4-5,7-8H2,1-3H3,(H2,14,15). The lowest BCUT2D eigenvalue weighted by Crippen LogP contribution is -2.23. The minimum Gasteiger partial charge on any atom is -0.398 e. The molecule has 1 saturated heterocycles. The minimum atomic E-state index is 0.373. The van der Waals surface area contributed by atoms with Gasteiger partial charge in [0.2, 0.25) is 0 Å². The maximum atomic E-state index is 6.03. The molecule has 0 spiro atoms. The van der Waals surface area contributed by atoms with Gasteiger partial charge in [0.25, 0.3) is 0 Å². The van der Waals surface area contributed by atoms with Crippen LogP contribution in [0, 0.1) is 13.8 Å². The number of nitrogens with two attached hydrogens (primary N) is 1. The van der Waals surface area contributed by atoms with Crippen LogP contribution in [0.4, 0.5) is 5.69 Å². The highest BCUT2D eigenvalue weighted by Gasteiger charge is 2.22. The second-order valence-electron chi connectivity index (χ2n) is 4.81. The monoisotopic (exact) mass is 235 g/mol. The van der Waals surface area contributed by atoms with E-state index >= 15 is 0 Å². The topological polar surface area (TPSA) is 51.4 Å². The van der Waals surface area contributed by atoms with E-state index in [1.54, 1.807) is 7.11 Å². The normalized spacial score (nSPS) is 21.0. The molecule has 4 heteroatoms. The van der Waals surface area contributed by atoms with Gasteiger partial charge in [0.05, 0.1) is 11.8 Å². The molecule has 0 aliphatic carbocycles. The minimum absolute atomic E-state index is 0.373. The third-order valence-corrected chi connectivity index (χ3v) is 3.61. The van der Waals surface area contributed by atoms with E-state index in [1.807, 2.05) is 13.1 Å². The van der Waals surface area contributed by atoms with Gasteiger partial charge in [-0.25, -0.2) is 0 Å². The first-order valence-electron chi connectivity index (χ1n) is 6.07. The van der Waals surface area contributed by atoms with E-state index in [1.165, 1.54) is 0 Å². The second kappa shape index (κ2) is 5.02. The summed E-state index contributed by atoms with van der Waals surface area (Å²) in [5, 5.41) is 0. The molecule has 0 aromatic carbocycles. The predicted octanol–water partition coefficient (Wildman–Crippen LogP) is 1.50. The lowest BCUT2D eigenvalue weighted by Gasteiger charge is -2.17. The van der Waals surface area contributed by atoms with Crippen LogP contribution in [-0.2, 0) is 11.3 Å². The molecule has 94 valence electrons. The smallest absolute Gasteiger partial charge is 0.0710 e. The highest BCUT2D eigenvalue weighted by atomic mass is 16.5. The fourth-order valence-corrected chi connectivity index (χ4v) is 2.30. The number of rotatable bonds is 3. The van der Waals surface area contributed by atoms with Crippen LogP contribution in [-0.4, -0.2) is 36.2 Å². The van der Waals surface area contributed by atoms with Gasteiger partial charge in [-0.2, -0.15) is 0 Å². The van der Waals surface area contributed by atoms with Gasteiger partial charge in [-0.1, -0.05) is 0 Å². The summed E-state index contributed by atoms with van der Waals surface area (Å²) in [5.41, 5.74) is 10.2.